The summed E-state index contributed by atoms with van der Waals surface area (Å²) in [7, 11) is -14.9. The van der Waals surface area contributed by atoms with Gasteiger partial charge in [-0.1, -0.05) is 34.6 Å². The van der Waals surface area contributed by atoms with E-state index in [-0.39, 0.29) is 36.7 Å². The standard InChI is InChI=1S/C53H84O35S3/c1-19(54)21-9-12-52(6)31-22(55)13-28-50(3,4)29(10-11-51(28,5)30(31)23(56)14-53(21,52)7)83-48-43(35(61)27(16-77-48)88-91(72,73)74)87-49-44(86-45-36(62)32(58)24(57)15-76-45)37(63)40(20(2)80-49)84-47-39(65)42(34(60)26(82-47)18-79-90(69,70)71)85-46-38(64)41(75-8)33(59)25(81-46)17-78-89(66,67)68/h20-21,23-29,32-49,56-65H,9-18H2,1-8H3,(H,66,67,68)(H,69,70,71)(H,72,73,74)/t20-,21-,23-,24-,25-,26-,27-,28+,29+,32+,33-,34-,35+,36-,37+,38-,39-,40-,41+,42+,43-,44-,45+,46-,47+,48+,49+,51+,52+,53-/m1/s1. The van der Waals surface area contributed by atoms with Crippen molar-refractivity contribution in [1.82, 2.24) is 0 Å². The van der Waals surface area contributed by atoms with Gasteiger partial charge in [0.1, 0.15) is 110 Å². The maximum absolute atomic E-state index is 14.8. The maximum Gasteiger partial charge on any atom is 0.397 e. The van der Waals surface area contributed by atoms with E-state index < -0.39 is 239 Å². The summed E-state index contributed by atoms with van der Waals surface area (Å²) in [5, 5.41) is 114. The van der Waals surface area contributed by atoms with Gasteiger partial charge in [0, 0.05) is 30.4 Å². The number of ketones is 2. The van der Waals surface area contributed by atoms with Crippen molar-refractivity contribution in [1.29, 1.82) is 0 Å². The van der Waals surface area contributed by atoms with E-state index in [1.54, 1.807) is 0 Å². The van der Waals surface area contributed by atoms with Gasteiger partial charge in [0.25, 0.3) is 0 Å². The number of carbonyl (C=O) groups excluding carboxylic acids is 2. The van der Waals surface area contributed by atoms with E-state index in [1.807, 2.05) is 34.6 Å². The Morgan fingerprint density at radius 3 is 1.69 bits per heavy atom. The van der Waals surface area contributed by atoms with Crippen molar-refractivity contribution in [3.8, 4) is 0 Å². The molecule has 7 fully saturated rings. The number of methoxy groups -OCH3 is 1. The number of fused-ring (bicyclic) bond motifs is 4. The van der Waals surface area contributed by atoms with E-state index in [0.29, 0.717) is 30.4 Å². The summed E-state index contributed by atoms with van der Waals surface area (Å²) in [6.45, 7) is 8.50. The monoisotopic (exact) mass is 1380 g/mol. The van der Waals surface area contributed by atoms with Crippen LogP contribution in [0.4, 0.5) is 0 Å². The summed E-state index contributed by atoms with van der Waals surface area (Å²) >= 11 is 0. The van der Waals surface area contributed by atoms with Gasteiger partial charge in [-0.25, -0.2) is 12.5 Å². The molecule has 0 aromatic heterocycles. The highest BCUT2D eigenvalue weighted by Gasteiger charge is 2.68. The van der Waals surface area contributed by atoms with Gasteiger partial charge in [0.2, 0.25) is 0 Å². The average Bonchev–Trinajstić information content (AvgIpc) is 1.67. The summed E-state index contributed by atoms with van der Waals surface area (Å²) in [6, 6.07) is 0. The van der Waals surface area contributed by atoms with Gasteiger partial charge in [-0.3, -0.25) is 23.2 Å². The van der Waals surface area contributed by atoms with E-state index in [0.717, 1.165) is 7.11 Å². The Kier molecular flexibility index (Phi) is 21.6. The first-order valence-electron chi connectivity index (χ1n) is 29.6. The lowest BCUT2D eigenvalue weighted by molar-refractivity contribution is -0.402. The Morgan fingerprint density at radius 1 is 0.582 bits per heavy atom. The molecule has 5 saturated heterocycles. The molecule has 0 aromatic carbocycles. The first-order valence-corrected chi connectivity index (χ1v) is 33.6. The second-order valence-corrected chi connectivity index (χ2v) is 29.6. The maximum atomic E-state index is 14.8. The molecule has 91 heavy (non-hydrogen) atoms. The normalized spacial score (nSPS) is 48.1. The van der Waals surface area contributed by atoms with Gasteiger partial charge < -0.3 is 103 Å². The number of ether oxygens (including phenoxy) is 11. The van der Waals surface area contributed by atoms with Crippen molar-refractivity contribution in [2.45, 2.75) is 241 Å². The van der Waals surface area contributed by atoms with E-state index in [1.165, 1.54) is 13.8 Å². The van der Waals surface area contributed by atoms with Crippen LogP contribution >= 0.6 is 0 Å². The van der Waals surface area contributed by atoms with Gasteiger partial charge in [-0.2, -0.15) is 25.3 Å². The highest BCUT2D eigenvalue weighted by atomic mass is 32.3. The Labute approximate surface area is 523 Å². The molecule has 4 aliphatic carbocycles. The number of hydrogen-bond donors (Lipinski definition) is 13. The van der Waals surface area contributed by atoms with Crippen LogP contribution in [0.1, 0.15) is 87.0 Å². The van der Waals surface area contributed by atoms with Crippen LogP contribution < -0.4 is 0 Å². The van der Waals surface area contributed by atoms with Crippen molar-refractivity contribution in [3.63, 3.8) is 0 Å². The highest BCUT2D eigenvalue weighted by Crippen LogP contribution is 2.71. The molecule has 2 saturated carbocycles. The van der Waals surface area contributed by atoms with Crippen LogP contribution in [-0.2, 0) is 105 Å². The van der Waals surface area contributed by atoms with Crippen LogP contribution in [0.2, 0.25) is 0 Å². The molecule has 524 valence electrons. The third-order valence-electron chi connectivity index (χ3n) is 20.6. The molecule has 5 heterocycles. The topological polar surface area (TPSA) is 529 Å². The minimum absolute atomic E-state index is 0.00470. The van der Waals surface area contributed by atoms with Crippen molar-refractivity contribution in [3.05, 3.63) is 11.1 Å². The molecule has 9 rings (SSSR count). The molecule has 0 bridgehead atoms. The average molecular weight is 1380 g/mol. The molecule has 0 aromatic rings. The summed E-state index contributed by atoms with van der Waals surface area (Å²) in [5.74, 6) is -1.11. The number of rotatable bonds is 20. The van der Waals surface area contributed by atoms with Crippen molar-refractivity contribution in [2.24, 2.45) is 33.5 Å². The fourth-order valence-electron chi connectivity index (χ4n) is 15.7. The fraction of sp³-hybridized carbons (Fsp3) is 0.925. The second kappa shape index (κ2) is 26.9. The summed E-state index contributed by atoms with van der Waals surface area (Å²) in [5.41, 5.74) is -2.08. The summed E-state index contributed by atoms with van der Waals surface area (Å²) in [6.07, 6.45) is -46.5. The molecule has 0 radical (unpaired) electrons. The first kappa shape index (κ1) is 73.1. The lowest BCUT2D eigenvalue weighted by Gasteiger charge is -2.62. The van der Waals surface area contributed by atoms with Crippen molar-refractivity contribution >= 4 is 42.8 Å². The molecule has 35 nitrogen and oxygen atoms in total. The smallest absolute Gasteiger partial charge is 0.389 e. The number of aliphatic hydroxyl groups excluding tert-OH is 10. The Hall–Kier alpha value is -2.15. The van der Waals surface area contributed by atoms with Crippen LogP contribution in [0.15, 0.2) is 11.1 Å². The van der Waals surface area contributed by atoms with E-state index in [2.05, 4.69) is 8.37 Å². The SMILES string of the molecule is CO[C@@H]1[C@@H](O)[C@@H](O[C@@H]2[C@@H](O)[C@H](O[C@H]3[C@H](O)[C@@H](O[C@@H]4OC[C@@H](O)[C@H](O)[C@H]4O)[C@H](O[C@H]4[C@H](O[C@H]5CC[C@]6(C)C7=C(C(=O)C[C@H]6C5(C)C)[C@]5(C)CC[C@H](C(C)=O)[C@@]5(C)C[C@H]7O)OC[C@@H](OS(=O)(=O)O)[C@@H]4O)O[C@@H]3C)O[C@H](COS(=O)(=O)O)[C@H]2O)O[C@H](COS(=O)(=O)O)[C@H]1O. The molecular weight excluding hydrogens is 1290 g/mol. The molecule has 0 unspecified atom stereocenters. The van der Waals surface area contributed by atoms with Crippen LogP contribution in [0.25, 0.3) is 0 Å². The lowest BCUT2D eigenvalue weighted by atomic mass is 9.42. The van der Waals surface area contributed by atoms with Gasteiger partial charge in [0.05, 0.1) is 44.7 Å². The van der Waals surface area contributed by atoms with Gasteiger partial charge in [0.15, 0.2) is 37.2 Å². The Bertz CT molecular complexity index is 3010. The van der Waals surface area contributed by atoms with Crippen molar-refractivity contribution in [2.75, 3.05) is 33.5 Å². The van der Waals surface area contributed by atoms with Crippen LogP contribution in [0.3, 0.4) is 0 Å². The van der Waals surface area contributed by atoms with E-state index in [9.17, 15) is 99.6 Å². The van der Waals surface area contributed by atoms with E-state index >= 15 is 0 Å². The number of carbonyl (C=O) groups is 2. The molecule has 0 spiro atoms. The molecule has 9 aliphatic rings. The van der Waals surface area contributed by atoms with Crippen LogP contribution in [-0.4, -0.2) is 289 Å². The Morgan fingerprint density at radius 2 is 1.12 bits per heavy atom. The number of hydrogen-bond acceptors (Lipinski definition) is 32. The highest BCUT2D eigenvalue weighted by molar-refractivity contribution is 7.81. The summed E-state index contributed by atoms with van der Waals surface area (Å²) in [4.78, 5) is 27.8. The minimum atomic E-state index is -5.36. The van der Waals surface area contributed by atoms with Gasteiger partial charge in [-0.15, -0.1) is 0 Å². The second-order valence-electron chi connectivity index (χ2n) is 26.3. The molecular formula is C53H84O35S3. The third kappa shape index (κ3) is 14.3. The van der Waals surface area contributed by atoms with Crippen molar-refractivity contribution < 1.29 is 164 Å². The number of allylic oxidation sites excluding steroid dienone is 1. The minimum Gasteiger partial charge on any atom is -0.389 e. The molecule has 30 atom stereocenters. The van der Waals surface area contributed by atoms with Crippen LogP contribution in [0, 0.1) is 33.5 Å². The van der Waals surface area contributed by atoms with Crippen LogP contribution in [0.5, 0.6) is 0 Å². The largest absolute Gasteiger partial charge is 0.397 e. The molecule has 13 N–H and O–H groups in total. The predicted octanol–water partition coefficient (Wildman–Crippen LogP) is -4.60. The zero-order valence-corrected chi connectivity index (χ0v) is 53.1. The third-order valence-corrected chi connectivity index (χ3v) is 21.9. The predicted molar refractivity (Wildman–Crippen MR) is 293 cm³/mol. The van der Waals surface area contributed by atoms with Gasteiger partial charge in [-0.05, 0) is 73.7 Å². The molecule has 0 amide bonds. The van der Waals surface area contributed by atoms with E-state index in [4.69, 9.17) is 56.3 Å². The number of Topliss-reactive ketones (excluding diaryl/α,β-unsaturated/α-hetero) is 2. The Balaban J connectivity index is 1.01. The number of aliphatic hydroxyl groups is 10. The molecule has 38 heteroatoms. The fourth-order valence-corrected chi connectivity index (χ4v) is 16.8. The van der Waals surface area contributed by atoms with Gasteiger partial charge >= 0.3 is 31.2 Å². The lowest BCUT2D eigenvalue weighted by Crippen LogP contribution is -2.68. The first-order chi connectivity index (χ1) is 42.1. The zero-order valence-electron chi connectivity index (χ0n) is 50.7. The summed E-state index contributed by atoms with van der Waals surface area (Å²) < 4.78 is 178. The zero-order chi connectivity index (χ0) is 67.4. The quantitative estimate of drug-likeness (QED) is 0.0510. The molecule has 5 aliphatic heterocycles.